The number of hydrogen-bond acceptors (Lipinski definition) is 3. The molecule has 2 rings (SSSR count). The van der Waals surface area contributed by atoms with Gasteiger partial charge in [-0.05, 0) is 25.0 Å². The number of aliphatic hydroxyl groups is 1. The van der Waals surface area contributed by atoms with E-state index in [-0.39, 0.29) is 0 Å². The van der Waals surface area contributed by atoms with Gasteiger partial charge in [0.05, 0.1) is 5.60 Å². The Hall–Kier alpha value is -0.680. The van der Waals surface area contributed by atoms with Gasteiger partial charge in [-0.2, -0.15) is 0 Å². The van der Waals surface area contributed by atoms with E-state index in [0.29, 0.717) is 16.6 Å². The topological polar surface area (TPSA) is 49.5 Å². The van der Waals surface area contributed by atoms with Crippen LogP contribution in [0.3, 0.4) is 0 Å². The Morgan fingerprint density at radius 1 is 1.61 bits per heavy atom. The number of hydrogen-bond donors (Lipinski definition) is 2. The van der Waals surface area contributed by atoms with Crippen LogP contribution in [0.5, 0.6) is 0 Å². The average Bonchev–Trinajstić information content (AvgIpc) is 2.61. The van der Waals surface area contributed by atoms with Gasteiger partial charge in [-0.3, -0.25) is 4.90 Å². The van der Waals surface area contributed by atoms with Crippen molar-refractivity contribution in [1.82, 2.24) is 4.90 Å². The molecule has 1 aromatic rings. The summed E-state index contributed by atoms with van der Waals surface area (Å²) in [7, 11) is 0. The van der Waals surface area contributed by atoms with Crippen LogP contribution in [-0.4, -0.2) is 33.7 Å². The Labute approximate surface area is 118 Å². The lowest BCUT2D eigenvalue weighted by atomic mass is 10.1. The van der Waals surface area contributed by atoms with Gasteiger partial charge in [-0.25, -0.2) is 0 Å². The van der Waals surface area contributed by atoms with Gasteiger partial charge in [0.25, 0.3) is 0 Å². The predicted octanol–water partition coefficient (Wildman–Crippen LogP) is 1.93. The molecule has 1 aliphatic rings. The summed E-state index contributed by atoms with van der Waals surface area (Å²) in [5.74, 6) is 0. The molecule has 1 aliphatic heterocycles. The van der Waals surface area contributed by atoms with Crippen LogP contribution in [0.25, 0.3) is 0 Å². The maximum atomic E-state index is 9.92. The van der Waals surface area contributed by atoms with Crippen molar-refractivity contribution < 1.29 is 5.11 Å². The van der Waals surface area contributed by atoms with Crippen LogP contribution in [0.1, 0.15) is 24.5 Å². The molecule has 0 aromatic heterocycles. The zero-order valence-electron chi connectivity index (χ0n) is 10.3. The molecule has 0 bridgehead atoms. The van der Waals surface area contributed by atoms with Crippen molar-refractivity contribution in [2.75, 3.05) is 13.1 Å². The third kappa shape index (κ3) is 3.20. The van der Waals surface area contributed by atoms with Gasteiger partial charge in [0, 0.05) is 30.2 Å². The maximum Gasteiger partial charge on any atom is 0.104 e. The number of thiocarbonyl (C=S) groups is 1. The number of halogens is 1. The van der Waals surface area contributed by atoms with Crippen molar-refractivity contribution in [2.24, 2.45) is 5.73 Å². The summed E-state index contributed by atoms with van der Waals surface area (Å²) in [5, 5.41) is 10.6. The molecule has 1 aromatic carbocycles. The van der Waals surface area contributed by atoms with Crippen LogP contribution >= 0.6 is 23.8 Å². The minimum absolute atomic E-state index is 0.354. The first kappa shape index (κ1) is 13.7. The van der Waals surface area contributed by atoms with Crippen molar-refractivity contribution in [3.05, 3.63) is 34.3 Å². The van der Waals surface area contributed by atoms with Gasteiger partial charge < -0.3 is 10.8 Å². The quantitative estimate of drug-likeness (QED) is 0.833. The van der Waals surface area contributed by atoms with E-state index in [9.17, 15) is 5.11 Å². The van der Waals surface area contributed by atoms with Crippen LogP contribution in [0, 0.1) is 0 Å². The van der Waals surface area contributed by atoms with Crippen LogP contribution in [0.2, 0.25) is 5.02 Å². The molecule has 0 amide bonds. The van der Waals surface area contributed by atoms with E-state index in [1.54, 1.807) is 6.07 Å². The first-order valence-corrected chi connectivity index (χ1v) is 6.69. The molecular formula is C13H17ClN2OS. The Morgan fingerprint density at radius 2 is 2.33 bits per heavy atom. The average molecular weight is 285 g/mol. The van der Waals surface area contributed by atoms with Gasteiger partial charge in [-0.15, -0.1) is 0 Å². The summed E-state index contributed by atoms with van der Waals surface area (Å²) in [6.45, 7) is 4.18. The number of benzene rings is 1. The van der Waals surface area contributed by atoms with Gasteiger partial charge in [0.1, 0.15) is 4.99 Å². The first-order chi connectivity index (χ1) is 8.37. The zero-order valence-corrected chi connectivity index (χ0v) is 11.9. The Kier molecular flexibility index (Phi) is 3.92. The molecule has 1 saturated heterocycles. The minimum atomic E-state index is -0.578. The molecule has 0 saturated carbocycles. The fraction of sp³-hybridized carbons (Fsp3) is 0.462. The summed E-state index contributed by atoms with van der Waals surface area (Å²) < 4.78 is 0. The van der Waals surface area contributed by atoms with E-state index in [1.807, 2.05) is 19.1 Å². The lowest BCUT2D eigenvalue weighted by Crippen LogP contribution is -2.29. The Bertz CT molecular complexity index is 476. The second-order valence-electron chi connectivity index (χ2n) is 5.13. The summed E-state index contributed by atoms with van der Waals surface area (Å²) in [6.07, 6.45) is 0.801. The summed E-state index contributed by atoms with van der Waals surface area (Å²) in [5.41, 5.74) is 6.80. The molecule has 1 unspecified atom stereocenters. The number of rotatable bonds is 3. The number of nitrogens with zero attached hydrogens (tertiary/aromatic N) is 1. The molecule has 1 atom stereocenters. The van der Waals surface area contributed by atoms with Gasteiger partial charge in [-0.1, -0.05) is 36.0 Å². The zero-order chi connectivity index (χ0) is 13.3. The number of likely N-dealkylation sites (tertiary alicyclic amines) is 1. The molecule has 5 heteroatoms. The maximum absolute atomic E-state index is 9.92. The highest BCUT2D eigenvalue weighted by Gasteiger charge is 2.31. The van der Waals surface area contributed by atoms with E-state index in [1.165, 1.54) is 0 Å². The van der Waals surface area contributed by atoms with E-state index in [0.717, 1.165) is 30.6 Å². The first-order valence-electron chi connectivity index (χ1n) is 5.90. The Morgan fingerprint density at radius 3 is 2.83 bits per heavy atom. The number of nitrogens with two attached hydrogens (primary N) is 1. The van der Waals surface area contributed by atoms with Gasteiger partial charge >= 0.3 is 0 Å². The Balaban J connectivity index is 2.09. The lowest BCUT2D eigenvalue weighted by Gasteiger charge is -2.19. The standard InChI is InChI=1S/C13H17ClN2OS/c1-13(17)4-5-16(8-13)7-10-3-2-9(12(15)18)6-11(10)14/h2-3,6,17H,4-5,7-8H2,1H3,(H2,15,18). The second-order valence-corrected chi connectivity index (χ2v) is 5.98. The van der Waals surface area contributed by atoms with Crippen molar-refractivity contribution in [1.29, 1.82) is 0 Å². The SMILES string of the molecule is CC1(O)CCN(Cc2ccc(C(N)=S)cc2Cl)C1. The molecule has 98 valence electrons. The van der Waals surface area contributed by atoms with Crippen LogP contribution in [0.15, 0.2) is 18.2 Å². The summed E-state index contributed by atoms with van der Waals surface area (Å²) in [6, 6.07) is 5.63. The normalized spacial score (nSPS) is 24.4. The van der Waals surface area contributed by atoms with Crippen molar-refractivity contribution in [3.8, 4) is 0 Å². The van der Waals surface area contributed by atoms with Crippen LogP contribution in [0.4, 0.5) is 0 Å². The highest BCUT2D eigenvalue weighted by atomic mass is 35.5. The molecule has 0 radical (unpaired) electrons. The second kappa shape index (κ2) is 5.13. The minimum Gasteiger partial charge on any atom is -0.389 e. The third-order valence-electron chi connectivity index (χ3n) is 3.26. The van der Waals surface area contributed by atoms with E-state index >= 15 is 0 Å². The molecular weight excluding hydrogens is 268 g/mol. The summed E-state index contributed by atoms with van der Waals surface area (Å²) in [4.78, 5) is 2.55. The van der Waals surface area contributed by atoms with Crippen molar-refractivity contribution in [3.63, 3.8) is 0 Å². The molecule has 0 spiro atoms. The van der Waals surface area contributed by atoms with Crippen molar-refractivity contribution in [2.45, 2.75) is 25.5 Å². The molecule has 1 heterocycles. The van der Waals surface area contributed by atoms with Crippen molar-refractivity contribution >= 4 is 28.8 Å². The van der Waals surface area contributed by atoms with E-state index in [2.05, 4.69) is 4.90 Å². The molecule has 1 fully saturated rings. The molecule has 0 aliphatic carbocycles. The lowest BCUT2D eigenvalue weighted by molar-refractivity contribution is 0.0679. The molecule has 3 N–H and O–H groups in total. The fourth-order valence-corrected chi connectivity index (χ4v) is 2.61. The van der Waals surface area contributed by atoms with E-state index < -0.39 is 5.60 Å². The van der Waals surface area contributed by atoms with E-state index in [4.69, 9.17) is 29.6 Å². The monoisotopic (exact) mass is 284 g/mol. The van der Waals surface area contributed by atoms with Crippen LogP contribution < -0.4 is 5.73 Å². The third-order valence-corrected chi connectivity index (χ3v) is 3.85. The molecule has 3 nitrogen and oxygen atoms in total. The largest absolute Gasteiger partial charge is 0.389 e. The highest BCUT2D eigenvalue weighted by Crippen LogP contribution is 2.25. The summed E-state index contributed by atoms with van der Waals surface area (Å²) >= 11 is 11.1. The number of β-amino-alcohol motifs (C(OH)–C–C–N with tert-alkyl or cyclic N) is 1. The highest BCUT2D eigenvalue weighted by molar-refractivity contribution is 7.80. The predicted molar refractivity (Wildman–Crippen MR) is 77.9 cm³/mol. The molecule has 18 heavy (non-hydrogen) atoms. The van der Waals surface area contributed by atoms with Gasteiger partial charge in [0.2, 0.25) is 0 Å². The smallest absolute Gasteiger partial charge is 0.104 e. The fourth-order valence-electron chi connectivity index (χ4n) is 2.24. The van der Waals surface area contributed by atoms with Gasteiger partial charge in [0.15, 0.2) is 0 Å². The van der Waals surface area contributed by atoms with Crippen LogP contribution in [-0.2, 0) is 6.54 Å².